The van der Waals surface area contributed by atoms with Crippen LogP contribution in [0.5, 0.6) is 0 Å². The van der Waals surface area contributed by atoms with Gasteiger partial charge in [-0.15, -0.1) is 0 Å². The zero-order chi connectivity index (χ0) is 21.4. The molecule has 158 valence electrons. The highest BCUT2D eigenvalue weighted by molar-refractivity contribution is 7.92. The first-order valence-electron chi connectivity index (χ1n) is 8.49. The van der Waals surface area contributed by atoms with Crippen molar-refractivity contribution in [2.45, 2.75) is 13.3 Å². The number of amides is 2. The smallest absolute Gasteiger partial charge is 0.325 e. The van der Waals surface area contributed by atoms with Gasteiger partial charge in [-0.25, -0.2) is 32.0 Å². The number of nitrogens with zero attached hydrogens (tertiary/aromatic N) is 2. The van der Waals surface area contributed by atoms with E-state index in [-0.39, 0.29) is 24.7 Å². The van der Waals surface area contributed by atoms with Crippen LogP contribution in [0.4, 0.5) is 36.6 Å². The van der Waals surface area contributed by atoms with Crippen LogP contribution in [0.15, 0.2) is 24.5 Å². The molecule has 2 rings (SSSR count). The first kappa shape index (κ1) is 22.2. The number of urea groups is 1. The van der Waals surface area contributed by atoms with Crippen LogP contribution in [0, 0.1) is 11.6 Å². The Bertz CT molecular complexity index is 974. The average molecular weight is 430 g/mol. The van der Waals surface area contributed by atoms with Gasteiger partial charge in [0.1, 0.15) is 29.5 Å². The lowest BCUT2D eigenvalue weighted by Gasteiger charge is -2.13. The van der Waals surface area contributed by atoms with Gasteiger partial charge in [-0.05, 0) is 18.6 Å². The van der Waals surface area contributed by atoms with E-state index in [0.29, 0.717) is 12.2 Å². The molecule has 0 unspecified atom stereocenters. The number of aliphatic hydroxyl groups excluding tert-OH is 1. The fourth-order valence-corrected chi connectivity index (χ4v) is 3.33. The molecule has 0 fully saturated rings. The number of sulfonamides is 1. The monoisotopic (exact) mass is 430 g/mol. The normalized spacial score (nSPS) is 11.0. The van der Waals surface area contributed by atoms with Gasteiger partial charge in [-0.3, -0.25) is 10.0 Å². The summed E-state index contributed by atoms with van der Waals surface area (Å²) in [5, 5.41) is 15.8. The molecule has 0 aliphatic heterocycles. The SMILES string of the molecule is CCCS(=O)(=O)Nc1ccc(F)c(NC(=O)Nc2cc(NCCO)ncn2)c1F. The molecule has 10 nitrogen and oxygen atoms in total. The molecule has 0 atom stereocenters. The topological polar surface area (TPSA) is 145 Å². The van der Waals surface area contributed by atoms with Gasteiger partial charge in [0.05, 0.1) is 18.0 Å². The molecule has 1 aromatic carbocycles. The van der Waals surface area contributed by atoms with Crippen LogP contribution >= 0.6 is 0 Å². The summed E-state index contributed by atoms with van der Waals surface area (Å²) in [6.07, 6.45) is 1.44. The van der Waals surface area contributed by atoms with Crippen LogP contribution in [0.25, 0.3) is 0 Å². The molecule has 0 saturated carbocycles. The van der Waals surface area contributed by atoms with E-state index in [1.807, 2.05) is 10.0 Å². The molecule has 5 N–H and O–H groups in total. The maximum atomic E-state index is 14.5. The molecular formula is C16H20F2N6O4S. The van der Waals surface area contributed by atoms with E-state index in [4.69, 9.17) is 5.11 Å². The number of anilines is 4. The molecule has 1 aromatic heterocycles. The Hall–Kier alpha value is -3.06. The van der Waals surface area contributed by atoms with Crippen molar-refractivity contribution < 1.29 is 27.1 Å². The van der Waals surface area contributed by atoms with Gasteiger partial charge in [-0.1, -0.05) is 6.92 Å². The first-order valence-corrected chi connectivity index (χ1v) is 10.1. The van der Waals surface area contributed by atoms with Gasteiger partial charge in [0, 0.05) is 12.6 Å². The van der Waals surface area contributed by atoms with Crippen LogP contribution < -0.4 is 20.7 Å². The second-order valence-electron chi connectivity index (χ2n) is 5.72. The van der Waals surface area contributed by atoms with Crippen LogP contribution in [0.2, 0.25) is 0 Å². The number of aliphatic hydroxyl groups is 1. The molecule has 29 heavy (non-hydrogen) atoms. The van der Waals surface area contributed by atoms with E-state index in [1.54, 1.807) is 6.92 Å². The maximum Gasteiger partial charge on any atom is 0.325 e. The summed E-state index contributed by atoms with van der Waals surface area (Å²) in [4.78, 5) is 19.8. The van der Waals surface area contributed by atoms with Crippen molar-refractivity contribution in [1.29, 1.82) is 0 Å². The second-order valence-corrected chi connectivity index (χ2v) is 7.56. The van der Waals surface area contributed by atoms with Gasteiger partial charge in [0.2, 0.25) is 10.0 Å². The Morgan fingerprint density at radius 3 is 2.59 bits per heavy atom. The standard InChI is InChI=1S/C16H20F2N6O4S/c1-2-7-29(27,28)24-11-4-3-10(17)15(14(11)18)23-16(26)22-13-8-12(19-5-6-25)20-9-21-13/h3-4,8-9,24-25H,2,5-7H2,1H3,(H3,19,20,21,22,23,26). The Labute approximate surface area is 165 Å². The molecule has 0 saturated heterocycles. The molecule has 0 bridgehead atoms. The Morgan fingerprint density at radius 2 is 1.90 bits per heavy atom. The zero-order valence-electron chi connectivity index (χ0n) is 15.4. The van der Waals surface area contributed by atoms with E-state index in [9.17, 15) is 22.0 Å². The van der Waals surface area contributed by atoms with Gasteiger partial charge in [0.25, 0.3) is 0 Å². The lowest BCUT2D eigenvalue weighted by molar-refractivity contribution is 0.262. The number of nitrogens with one attached hydrogen (secondary N) is 4. The number of halogens is 2. The van der Waals surface area contributed by atoms with Crippen LogP contribution in [0.1, 0.15) is 13.3 Å². The average Bonchev–Trinajstić information content (AvgIpc) is 2.66. The Morgan fingerprint density at radius 1 is 1.17 bits per heavy atom. The van der Waals surface area contributed by atoms with Crippen molar-refractivity contribution in [3.63, 3.8) is 0 Å². The predicted octanol–water partition coefficient (Wildman–Crippen LogP) is 1.95. The predicted molar refractivity (Wildman–Crippen MR) is 104 cm³/mol. The largest absolute Gasteiger partial charge is 0.395 e. The highest BCUT2D eigenvalue weighted by Gasteiger charge is 2.19. The summed E-state index contributed by atoms with van der Waals surface area (Å²) >= 11 is 0. The molecule has 2 amide bonds. The molecule has 0 aliphatic carbocycles. The minimum atomic E-state index is -3.81. The summed E-state index contributed by atoms with van der Waals surface area (Å²) in [6, 6.07) is 2.08. The summed E-state index contributed by atoms with van der Waals surface area (Å²) in [7, 11) is -3.81. The summed E-state index contributed by atoms with van der Waals surface area (Å²) in [5.41, 5.74) is -1.32. The second kappa shape index (κ2) is 9.93. The quantitative estimate of drug-likeness (QED) is 0.409. The third-order valence-corrected chi connectivity index (χ3v) is 4.87. The summed E-state index contributed by atoms with van der Waals surface area (Å²) in [5.74, 6) is -2.27. The first-order chi connectivity index (χ1) is 13.8. The fraction of sp³-hybridized carbons (Fsp3) is 0.312. The van der Waals surface area contributed by atoms with E-state index in [0.717, 1.165) is 18.5 Å². The van der Waals surface area contributed by atoms with Gasteiger partial charge >= 0.3 is 6.03 Å². The van der Waals surface area contributed by atoms with Crippen molar-refractivity contribution in [1.82, 2.24) is 9.97 Å². The van der Waals surface area contributed by atoms with E-state index in [2.05, 4.69) is 20.6 Å². The summed E-state index contributed by atoms with van der Waals surface area (Å²) in [6.45, 7) is 1.72. The molecule has 0 radical (unpaired) electrons. The van der Waals surface area contributed by atoms with Crippen LogP contribution in [-0.2, 0) is 10.0 Å². The third-order valence-electron chi connectivity index (χ3n) is 3.39. The minimum absolute atomic E-state index is 0.0264. The van der Waals surface area contributed by atoms with Crippen molar-refractivity contribution in [3.05, 3.63) is 36.2 Å². The minimum Gasteiger partial charge on any atom is -0.395 e. The maximum absolute atomic E-state index is 14.5. The molecule has 2 aromatic rings. The van der Waals surface area contributed by atoms with Crippen molar-refractivity contribution in [3.8, 4) is 0 Å². The number of carbonyl (C=O) groups excluding carboxylic acids is 1. The molecule has 1 heterocycles. The molecule has 0 aliphatic rings. The number of aromatic nitrogens is 2. The molecular weight excluding hydrogens is 410 g/mol. The number of rotatable bonds is 9. The third kappa shape index (κ3) is 6.50. The van der Waals surface area contributed by atoms with Gasteiger partial charge in [-0.2, -0.15) is 0 Å². The molecule has 0 spiro atoms. The lowest BCUT2D eigenvalue weighted by Crippen LogP contribution is -2.23. The number of hydrogen-bond acceptors (Lipinski definition) is 7. The van der Waals surface area contributed by atoms with Crippen LogP contribution in [0.3, 0.4) is 0 Å². The lowest BCUT2D eigenvalue weighted by atomic mass is 10.2. The van der Waals surface area contributed by atoms with E-state index < -0.39 is 39.1 Å². The highest BCUT2D eigenvalue weighted by Crippen LogP contribution is 2.27. The van der Waals surface area contributed by atoms with E-state index >= 15 is 0 Å². The van der Waals surface area contributed by atoms with Gasteiger partial charge < -0.3 is 15.7 Å². The number of hydrogen-bond donors (Lipinski definition) is 5. The Balaban J connectivity index is 2.15. The Kier molecular flexibility index (Phi) is 7.61. The highest BCUT2D eigenvalue weighted by atomic mass is 32.2. The zero-order valence-corrected chi connectivity index (χ0v) is 16.2. The van der Waals surface area contributed by atoms with Crippen molar-refractivity contribution in [2.75, 3.05) is 39.6 Å². The molecule has 13 heteroatoms. The van der Waals surface area contributed by atoms with Crippen molar-refractivity contribution in [2.24, 2.45) is 0 Å². The van der Waals surface area contributed by atoms with Crippen LogP contribution in [-0.4, -0.2) is 48.4 Å². The summed E-state index contributed by atoms with van der Waals surface area (Å²) < 4.78 is 54.2. The van der Waals surface area contributed by atoms with E-state index in [1.165, 1.54) is 6.07 Å². The van der Waals surface area contributed by atoms with Gasteiger partial charge in [0.15, 0.2) is 5.82 Å². The number of benzene rings is 1. The van der Waals surface area contributed by atoms with Crippen molar-refractivity contribution >= 4 is 39.1 Å². The number of carbonyl (C=O) groups is 1. The fourth-order valence-electron chi connectivity index (χ4n) is 2.20.